The Balaban J connectivity index is 2.27. The molecule has 2 rings (SSSR count). The molecule has 1 aliphatic carbocycles. The smallest absolute Gasteiger partial charge is 0.241 e. The highest BCUT2D eigenvalue weighted by molar-refractivity contribution is 7.89. The van der Waals surface area contributed by atoms with E-state index in [1.165, 1.54) is 12.1 Å². The lowest BCUT2D eigenvalue weighted by molar-refractivity contribution is 0.427. The largest absolute Gasteiger partial charge is 0.396 e. The third kappa shape index (κ3) is 2.64. The molecule has 0 spiro atoms. The molecule has 0 aromatic heterocycles. The molecular weight excluding hydrogens is 255 g/mol. The molecule has 1 aromatic rings. The number of sulfonamides is 1. The van der Waals surface area contributed by atoms with Crippen molar-refractivity contribution in [3.63, 3.8) is 0 Å². The Kier molecular flexibility index (Phi) is 3.33. The number of rotatable bonds is 3. The molecule has 100 valence electrons. The summed E-state index contributed by atoms with van der Waals surface area (Å²) in [6.45, 7) is 1.88. The van der Waals surface area contributed by atoms with Crippen LogP contribution in [0.2, 0.25) is 0 Å². The maximum absolute atomic E-state index is 13.3. The van der Waals surface area contributed by atoms with Crippen LogP contribution in [0.3, 0.4) is 0 Å². The lowest BCUT2D eigenvalue weighted by atomic mass is 10.0. The van der Waals surface area contributed by atoms with E-state index in [-0.39, 0.29) is 10.6 Å². The highest BCUT2D eigenvalue weighted by Gasteiger charge is 2.33. The lowest BCUT2D eigenvalue weighted by Gasteiger charge is -2.24. The maximum atomic E-state index is 13.3. The summed E-state index contributed by atoms with van der Waals surface area (Å²) in [4.78, 5) is -0.0812. The number of nitrogen functional groups attached to an aromatic ring is 1. The van der Waals surface area contributed by atoms with Crippen molar-refractivity contribution >= 4 is 15.7 Å². The van der Waals surface area contributed by atoms with Crippen molar-refractivity contribution in [3.8, 4) is 0 Å². The average molecular weight is 272 g/mol. The van der Waals surface area contributed by atoms with Gasteiger partial charge in [0.2, 0.25) is 10.0 Å². The quantitative estimate of drug-likeness (QED) is 0.827. The van der Waals surface area contributed by atoms with E-state index < -0.39 is 21.4 Å². The summed E-state index contributed by atoms with van der Waals surface area (Å²) in [5.74, 6) is -0.713. The van der Waals surface area contributed by atoms with Gasteiger partial charge in [-0.3, -0.25) is 0 Å². The van der Waals surface area contributed by atoms with Crippen molar-refractivity contribution in [3.05, 3.63) is 24.0 Å². The van der Waals surface area contributed by atoms with Gasteiger partial charge in [-0.1, -0.05) is 12.8 Å². The fraction of sp³-hybridized carbons (Fsp3) is 0.500. The van der Waals surface area contributed by atoms with E-state index in [4.69, 9.17) is 5.73 Å². The van der Waals surface area contributed by atoms with Crippen LogP contribution in [0.25, 0.3) is 0 Å². The molecule has 1 aliphatic rings. The fourth-order valence-electron chi connectivity index (χ4n) is 2.32. The van der Waals surface area contributed by atoms with Crippen LogP contribution in [0.4, 0.5) is 10.1 Å². The molecular formula is C12H17FN2O2S. The van der Waals surface area contributed by atoms with Crippen LogP contribution in [0.15, 0.2) is 23.1 Å². The topological polar surface area (TPSA) is 72.2 Å². The van der Waals surface area contributed by atoms with E-state index >= 15 is 0 Å². The van der Waals surface area contributed by atoms with Crippen molar-refractivity contribution in [2.24, 2.45) is 0 Å². The van der Waals surface area contributed by atoms with Crippen LogP contribution >= 0.6 is 0 Å². The van der Waals surface area contributed by atoms with Crippen molar-refractivity contribution in [2.45, 2.75) is 43.0 Å². The molecule has 0 atom stereocenters. The monoisotopic (exact) mass is 272 g/mol. The van der Waals surface area contributed by atoms with Gasteiger partial charge in [-0.2, -0.15) is 0 Å². The number of nitrogens with one attached hydrogen (secondary N) is 1. The third-order valence-electron chi connectivity index (χ3n) is 3.37. The molecule has 1 fully saturated rings. The van der Waals surface area contributed by atoms with Gasteiger partial charge in [0.15, 0.2) is 0 Å². The Bertz CT molecular complexity index is 551. The van der Waals surface area contributed by atoms with Gasteiger partial charge in [-0.25, -0.2) is 17.5 Å². The molecule has 0 bridgehead atoms. The second kappa shape index (κ2) is 4.51. The van der Waals surface area contributed by atoms with Crippen LogP contribution in [0, 0.1) is 5.82 Å². The predicted molar refractivity (Wildman–Crippen MR) is 68.0 cm³/mol. The second-order valence-corrected chi connectivity index (χ2v) is 6.74. The predicted octanol–water partition coefficient (Wildman–Crippen LogP) is 2.02. The van der Waals surface area contributed by atoms with Crippen LogP contribution in [0.1, 0.15) is 32.6 Å². The highest BCUT2D eigenvalue weighted by atomic mass is 32.2. The number of nitrogens with two attached hydrogens (primary N) is 1. The van der Waals surface area contributed by atoms with Crippen molar-refractivity contribution < 1.29 is 12.8 Å². The number of hydrogen-bond donors (Lipinski definition) is 2. The standard InChI is InChI=1S/C12H17FN2O2S/c1-12(6-2-3-7-12)15-18(16,17)9-4-5-11(14)10(13)8-9/h4-5,8,15H,2-3,6-7,14H2,1H3. The molecule has 0 aliphatic heterocycles. The third-order valence-corrected chi connectivity index (χ3v) is 5.01. The summed E-state index contributed by atoms with van der Waals surface area (Å²) < 4.78 is 40.2. The van der Waals surface area contributed by atoms with Gasteiger partial charge in [0.05, 0.1) is 10.6 Å². The van der Waals surface area contributed by atoms with E-state index in [9.17, 15) is 12.8 Å². The first-order valence-corrected chi connectivity index (χ1v) is 7.40. The molecule has 0 unspecified atom stereocenters. The van der Waals surface area contributed by atoms with Gasteiger partial charge < -0.3 is 5.73 Å². The molecule has 18 heavy (non-hydrogen) atoms. The van der Waals surface area contributed by atoms with E-state index in [2.05, 4.69) is 4.72 Å². The molecule has 6 heteroatoms. The Morgan fingerprint density at radius 1 is 1.33 bits per heavy atom. The Hall–Kier alpha value is -1.14. The van der Waals surface area contributed by atoms with E-state index in [1.54, 1.807) is 0 Å². The molecule has 4 nitrogen and oxygen atoms in total. The molecule has 0 heterocycles. The summed E-state index contributed by atoms with van der Waals surface area (Å²) in [7, 11) is -3.69. The second-order valence-electron chi connectivity index (χ2n) is 5.06. The molecule has 1 saturated carbocycles. The normalized spacial score (nSPS) is 19.0. The van der Waals surface area contributed by atoms with Crippen LogP contribution in [-0.2, 0) is 10.0 Å². The number of benzene rings is 1. The van der Waals surface area contributed by atoms with Crippen LogP contribution in [-0.4, -0.2) is 14.0 Å². The number of hydrogen-bond acceptors (Lipinski definition) is 3. The van der Waals surface area contributed by atoms with Gasteiger partial charge in [-0.15, -0.1) is 0 Å². The lowest BCUT2D eigenvalue weighted by Crippen LogP contribution is -2.43. The minimum absolute atomic E-state index is 0.0546. The first kappa shape index (κ1) is 13.3. The van der Waals surface area contributed by atoms with Crippen molar-refractivity contribution in [1.29, 1.82) is 0 Å². The van der Waals surface area contributed by atoms with Crippen molar-refractivity contribution in [2.75, 3.05) is 5.73 Å². The summed E-state index contributed by atoms with van der Waals surface area (Å²) in [5.41, 5.74) is 4.86. The zero-order valence-corrected chi connectivity index (χ0v) is 11.1. The van der Waals surface area contributed by atoms with Crippen LogP contribution in [0.5, 0.6) is 0 Å². The summed E-state index contributed by atoms with van der Waals surface area (Å²) in [5, 5.41) is 0. The molecule has 0 amide bonds. The van der Waals surface area contributed by atoms with Gasteiger partial charge in [0.1, 0.15) is 5.82 Å². The summed E-state index contributed by atoms with van der Waals surface area (Å²) in [6.07, 6.45) is 3.64. The average Bonchev–Trinajstić information content (AvgIpc) is 2.67. The number of halogens is 1. The van der Waals surface area contributed by atoms with Crippen LogP contribution < -0.4 is 10.5 Å². The summed E-state index contributed by atoms with van der Waals surface area (Å²) in [6, 6.07) is 3.54. The van der Waals surface area contributed by atoms with Gasteiger partial charge in [0.25, 0.3) is 0 Å². The SMILES string of the molecule is CC1(NS(=O)(=O)c2ccc(N)c(F)c2)CCCC1. The molecule has 3 N–H and O–H groups in total. The minimum Gasteiger partial charge on any atom is -0.396 e. The van der Waals surface area contributed by atoms with Crippen molar-refractivity contribution in [1.82, 2.24) is 4.72 Å². The van der Waals surface area contributed by atoms with E-state index in [0.29, 0.717) is 0 Å². The highest BCUT2D eigenvalue weighted by Crippen LogP contribution is 2.30. The van der Waals surface area contributed by atoms with E-state index in [1.807, 2.05) is 6.92 Å². The van der Waals surface area contributed by atoms with Gasteiger partial charge in [0, 0.05) is 5.54 Å². The first-order valence-electron chi connectivity index (χ1n) is 5.91. The van der Waals surface area contributed by atoms with Gasteiger partial charge in [-0.05, 0) is 38.0 Å². The minimum atomic E-state index is -3.69. The Labute approximate surface area is 106 Å². The number of anilines is 1. The molecule has 1 aromatic carbocycles. The zero-order valence-electron chi connectivity index (χ0n) is 10.2. The fourth-order valence-corrected chi connectivity index (χ4v) is 3.79. The zero-order chi connectivity index (χ0) is 13.4. The molecule has 0 radical (unpaired) electrons. The maximum Gasteiger partial charge on any atom is 0.241 e. The van der Waals surface area contributed by atoms with Gasteiger partial charge >= 0.3 is 0 Å². The Morgan fingerprint density at radius 2 is 1.94 bits per heavy atom. The van der Waals surface area contributed by atoms with E-state index in [0.717, 1.165) is 31.7 Å². The molecule has 0 saturated heterocycles. The Morgan fingerprint density at radius 3 is 2.50 bits per heavy atom. The first-order chi connectivity index (χ1) is 8.32. The summed E-state index contributed by atoms with van der Waals surface area (Å²) >= 11 is 0.